The molecule has 0 aromatic carbocycles. The van der Waals surface area contributed by atoms with Gasteiger partial charge in [-0.25, -0.2) is 0 Å². The first-order valence-corrected chi connectivity index (χ1v) is 5.68. The van der Waals surface area contributed by atoms with E-state index < -0.39 is 0 Å². The molecule has 1 aliphatic rings. The van der Waals surface area contributed by atoms with Crippen molar-refractivity contribution in [2.75, 3.05) is 0 Å². The Bertz CT molecular complexity index is 210. The smallest absolute Gasteiger partial charge is 0.0692 e. The van der Waals surface area contributed by atoms with Crippen LogP contribution in [0.4, 0.5) is 0 Å². The van der Waals surface area contributed by atoms with E-state index in [4.69, 9.17) is 5.26 Å². The van der Waals surface area contributed by atoms with Crippen molar-refractivity contribution < 1.29 is 0 Å². The molecular weight excluding hydrogens is 170 g/mol. The maximum atomic E-state index is 9.12. The van der Waals surface area contributed by atoms with Crippen LogP contribution >= 0.6 is 0 Å². The van der Waals surface area contributed by atoms with Crippen molar-refractivity contribution in [3.05, 3.63) is 12.2 Å². The second-order valence-corrected chi connectivity index (χ2v) is 4.17. The van der Waals surface area contributed by atoms with Gasteiger partial charge in [-0.3, -0.25) is 0 Å². The Morgan fingerprint density at radius 2 is 1.71 bits per heavy atom. The zero-order valence-corrected chi connectivity index (χ0v) is 10.1. The minimum Gasteiger partial charge on any atom is -0.198 e. The van der Waals surface area contributed by atoms with E-state index in [1.807, 2.05) is 13.8 Å². The minimum absolute atomic E-state index is 0.0544. The van der Waals surface area contributed by atoms with Crippen molar-refractivity contribution in [1.82, 2.24) is 0 Å². The summed E-state index contributed by atoms with van der Waals surface area (Å²) >= 11 is 0. The molecule has 1 aliphatic carbocycles. The molecule has 0 saturated heterocycles. The van der Waals surface area contributed by atoms with Gasteiger partial charge in [-0.15, -0.1) is 0 Å². The number of rotatable bonds is 1. The molecule has 0 heterocycles. The zero-order valence-electron chi connectivity index (χ0n) is 10.1. The highest BCUT2D eigenvalue weighted by Gasteiger charge is 2.35. The molecular formula is C13H23N. The Hall–Kier alpha value is -0.770. The van der Waals surface area contributed by atoms with Crippen LogP contribution < -0.4 is 0 Å². The van der Waals surface area contributed by atoms with Crippen LogP contribution in [0.1, 0.15) is 53.4 Å². The number of hydrogen-bond donors (Lipinski definition) is 0. The maximum absolute atomic E-state index is 9.12. The Balaban J connectivity index is 0.000000791. The zero-order chi connectivity index (χ0) is 11.2. The van der Waals surface area contributed by atoms with Crippen LogP contribution in [-0.2, 0) is 0 Å². The fraction of sp³-hybridized carbons (Fsp3) is 0.769. The molecule has 0 bridgehead atoms. The molecule has 0 aromatic heterocycles. The lowest BCUT2D eigenvalue weighted by molar-refractivity contribution is 0.215. The van der Waals surface area contributed by atoms with E-state index in [1.54, 1.807) is 0 Å². The van der Waals surface area contributed by atoms with Crippen LogP contribution in [0.5, 0.6) is 0 Å². The average Bonchev–Trinajstić information content (AvgIpc) is 2.22. The Labute approximate surface area is 88.8 Å². The summed E-state index contributed by atoms with van der Waals surface area (Å²) in [6, 6.07) is 2.50. The van der Waals surface area contributed by atoms with Gasteiger partial charge in [-0.1, -0.05) is 39.8 Å². The van der Waals surface area contributed by atoms with Crippen LogP contribution in [0.2, 0.25) is 0 Å². The summed E-state index contributed by atoms with van der Waals surface area (Å²) in [5, 5.41) is 9.12. The average molecular weight is 193 g/mol. The molecule has 1 rings (SSSR count). The molecule has 1 fully saturated rings. The predicted molar refractivity (Wildman–Crippen MR) is 61.8 cm³/mol. The first-order chi connectivity index (χ1) is 6.60. The second kappa shape index (κ2) is 5.86. The number of nitriles is 1. The molecule has 80 valence electrons. The summed E-state index contributed by atoms with van der Waals surface area (Å²) in [7, 11) is 0. The number of allylic oxidation sites excluding steroid dienone is 1. The maximum Gasteiger partial charge on any atom is 0.0692 e. The molecule has 0 N–H and O–H groups in total. The van der Waals surface area contributed by atoms with E-state index in [2.05, 4.69) is 26.5 Å². The van der Waals surface area contributed by atoms with Crippen molar-refractivity contribution in [2.24, 2.45) is 11.3 Å². The lowest BCUT2D eigenvalue weighted by Gasteiger charge is -2.35. The summed E-state index contributed by atoms with van der Waals surface area (Å²) in [6.07, 6.45) is 4.12. The van der Waals surface area contributed by atoms with Gasteiger partial charge in [0.2, 0.25) is 0 Å². The van der Waals surface area contributed by atoms with Gasteiger partial charge >= 0.3 is 0 Å². The summed E-state index contributed by atoms with van der Waals surface area (Å²) in [4.78, 5) is 0. The van der Waals surface area contributed by atoms with Crippen LogP contribution in [0.15, 0.2) is 12.2 Å². The van der Waals surface area contributed by atoms with Crippen LogP contribution in [0, 0.1) is 22.7 Å². The molecule has 0 aliphatic heterocycles. The summed E-state index contributed by atoms with van der Waals surface area (Å²) in [5.41, 5.74) is 1.27. The lowest BCUT2D eigenvalue weighted by atomic mass is 9.67. The summed E-state index contributed by atoms with van der Waals surface area (Å²) < 4.78 is 0. The van der Waals surface area contributed by atoms with Crippen molar-refractivity contribution in [3.8, 4) is 6.07 Å². The molecule has 1 heteroatoms. The highest BCUT2D eigenvalue weighted by molar-refractivity contribution is 5.10. The molecule has 0 amide bonds. The monoisotopic (exact) mass is 193 g/mol. The molecule has 0 unspecified atom stereocenters. The largest absolute Gasteiger partial charge is 0.198 e. The molecule has 1 saturated carbocycles. The predicted octanol–water partition coefficient (Wildman–Crippen LogP) is 4.31. The van der Waals surface area contributed by atoms with E-state index in [1.165, 1.54) is 5.57 Å². The topological polar surface area (TPSA) is 23.8 Å². The van der Waals surface area contributed by atoms with E-state index in [9.17, 15) is 0 Å². The lowest BCUT2D eigenvalue weighted by Crippen LogP contribution is -2.28. The van der Waals surface area contributed by atoms with Crippen molar-refractivity contribution >= 4 is 0 Å². The number of nitrogens with zero attached hydrogens (tertiary/aromatic N) is 1. The van der Waals surface area contributed by atoms with Crippen molar-refractivity contribution in [3.63, 3.8) is 0 Å². The molecule has 0 aromatic rings. The van der Waals surface area contributed by atoms with Crippen LogP contribution in [-0.4, -0.2) is 0 Å². The van der Waals surface area contributed by atoms with Crippen LogP contribution in [0.25, 0.3) is 0 Å². The Kier molecular flexibility index (Phi) is 5.53. The first-order valence-electron chi connectivity index (χ1n) is 5.68. The second-order valence-electron chi connectivity index (χ2n) is 4.17. The first kappa shape index (κ1) is 13.2. The van der Waals surface area contributed by atoms with E-state index in [0.29, 0.717) is 5.92 Å². The molecule has 0 atom stereocenters. The van der Waals surface area contributed by atoms with E-state index in [0.717, 1.165) is 25.7 Å². The van der Waals surface area contributed by atoms with Gasteiger partial charge in [0.1, 0.15) is 0 Å². The van der Waals surface area contributed by atoms with Gasteiger partial charge in [0, 0.05) is 0 Å². The highest BCUT2D eigenvalue weighted by atomic mass is 14.4. The quantitative estimate of drug-likeness (QED) is 0.569. The molecule has 1 nitrogen and oxygen atoms in total. The Morgan fingerprint density at radius 3 is 2.00 bits per heavy atom. The van der Waals surface area contributed by atoms with Gasteiger partial charge in [0.25, 0.3) is 0 Å². The normalized spacial score (nSPS) is 19.6. The fourth-order valence-corrected chi connectivity index (χ4v) is 1.87. The highest BCUT2D eigenvalue weighted by Crippen LogP contribution is 2.43. The SMILES string of the molecule is C=C1CCC(C#N)(C(C)C)CC1.CC. The standard InChI is InChI=1S/C11H17N.C2H6/c1-9(2)11(8-12)6-4-10(3)5-7-11;1-2/h9H,3-7H2,1-2H3;1-2H3. The molecule has 0 spiro atoms. The summed E-state index contributed by atoms with van der Waals surface area (Å²) in [5.74, 6) is 0.482. The number of hydrogen-bond acceptors (Lipinski definition) is 1. The summed E-state index contributed by atoms with van der Waals surface area (Å²) in [6.45, 7) is 12.3. The van der Waals surface area contributed by atoms with E-state index in [-0.39, 0.29) is 5.41 Å². The Morgan fingerprint density at radius 1 is 1.29 bits per heavy atom. The third-order valence-electron chi connectivity index (χ3n) is 3.18. The van der Waals surface area contributed by atoms with Crippen molar-refractivity contribution in [2.45, 2.75) is 53.4 Å². The third kappa shape index (κ3) is 2.87. The van der Waals surface area contributed by atoms with Gasteiger partial charge in [-0.2, -0.15) is 5.26 Å². The fourth-order valence-electron chi connectivity index (χ4n) is 1.87. The van der Waals surface area contributed by atoms with Gasteiger partial charge in [-0.05, 0) is 31.6 Å². The molecule has 0 radical (unpaired) electrons. The minimum atomic E-state index is -0.0544. The van der Waals surface area contributed by atoms with E-state index >= 15 is 0 Å². The van der Waals surface area contributed by atoms with Gasteiger partial charge < -0.3 is 0 Å². The third-order valence-corrected chi connectivity index (χ3v) is 3.18. The molecule has 14 heavy (non-hydrogen) atoms. The van der Waals surface area contributed by atoms with Gasteiger partial charge in [0.05, 0.1) is 11.5 Å². The van der Waals surface area contributed by atoms with Crippen molar-refractivity contribution in [1.29, 1.82) is 5.26 Å². The van der Waals surface area contributed by atoms with Gasteiger partial charge in [0.15, 0.2) is 0 Å². The van der Waals surface area contributed by atoms with Crippen LogP contribution in [0.3, 0.4) is 0 Å².